The summed E-state index contributed by atoms with van der Waals surface area (Å²) in [6.07, 6.45) is 0.671. The highest BCUT2D eigenvalue weighted by Gasteiger charge is 2.31. The first-order valence-corrected chi connectivity index (χ1v) is 11.2. The van der Waals surface area contributed by atoms with E-state index in [1.807, 2.05) is 37.3 Å². The minimum Gasteiger partial charge on any atom is -0.492 e. The molecule has 1 N–H and O–H groups in total. The highest BCUT2D eigenvalue weighted by atomic mass is 32.2. The maximum atomic E-state index is 13.3. The van der Waals surface area contributed by atoms with Gasteiger partial charge < -0.3 is 10.1 Å². The Kier molecular flexibility index (Phi) is 5.46. The highest BCUT2D eigenvalue weighted by Crippen LogP contribution is 2.35. The zero-order valence-electron chi connectivity index (χ0n) is 16.5. The summed E-state index contributed by atoms with van der Waals surface area (Å²) in [6, 6.07) is 20.8. The Labute approximate surface area is 176 Å². The second kappa shape index (κ2) is 8.20. The molecule has 0 fully saturated rings. The van der Waals surface area contributed by atoms with Crippen molar-refractivity contribution in [2.45, 2.75) is 18.2 Å². The molecule has 7 heteroatoms. The summed E-state index contributed by atoms with van der Waals surface area (Å²) in [6.45, 7) is 2.61. The lowest BCUT2D eigenvalue weighted by Gasteiger charge is -2.21. The second-order valence-corrected chi connectivity index (χ2v) is 8.73. The molecular formula is C23H22N2O4S. The standard InChI is InChI=1S/C23H22N2O4S/c1-2-29-22-13-12-19(16-20(22)24-23(26)18-9-4-3-5-10-18)30(27,28)25-15-14-17-8-6-7-11-21(17)25/h3-13,16H,2,14-15H2,1H3,(H,24,26). The SMILES string of the molecule is CCOc1ccc(S(=O)(=O)N2CCc3ccccc32)cc1NC(=O)c1ccccc1. The molecule has 0 radical (unpaired) electrons. The van der Waals surface area contributed by atoms with Crippen LogP contribution in [-0.2, 0) is 16.4 Å². The number of benzene rings is 3. The minimum absolute atomic E-state index is 0.103. The first-order valence-electron chi connectivity index (χ1n) is 9.74. The highest BCUT2D eigenvalue weighted by molar-refractivity contribution is 7.92. The van der Waals surface area contributed by atoms with E-state index in [1.54, 1.807) is 30.3 Å². The molecule has 0 saturated heterocycles. The van der Waals surface area contributed by atoms with E-state index in [-0.39, 0.29) is 10.8 Å². The number of sulfonamides is 1. The molecule has 30 heavy (non-hydrogen) atoms. The van der Waals surface area contributed by atoms with Crippen molar-refractivity contribution >= 4 is 27.3 Å². The number of rotatable bonds is 6. The van der Waals surface area contributed by atoms with Gasteiger partial charge in [-0.15, -0.1) is 0 Å². The summed E-state index contributed by atoms with van der Waals surface area (Å²) in [5.74, 6) is 0.0835. The van der Waals surface area contributed by atoms with Gasteiger partial charge >= 0.3 is 0 Å². The third kappa shape index (κ3) is 3.76. The maximum Gasteiger partial charge on any atom is 0.264 e. The van der Waals surface area contributed by atoms with Crippen molar-refractivity contribution in [3.05, 3.63) is 83.9 Å². The third-order valence-corrected chi connectivity index (χ3v) is 6.78. The summed E-state index contributed by atoms with van der Waals surface area (Å²) in [5.41, 5.74) is 2.49. The number of carbonyl (C=O) groups excluding carboxylic acids is 1. The van der Waals surface area contributed by atoms with Crippen molar-refractivity contribution in [3.8, 4) is 5.75 Å². The monoisotopic (exact) mass is 422 g/mol. The molecule has 0 spiro atoms. The van der Waals surface area contributed by atoms with Crippen LogP contribution in [0.5, 0.6) is 5.75 Å². The molecular weight excluding hydrogens is 400 g/mol. The number of amides is 1. The van der Waals surface area contributed by atoms with E-state index >= 15 is 0 Å². The first kappa shape index (κ1) is 20.0. The predicted octanol–water partition coefficient (Wildman–Crippen LogP) is 4.09. The van der Waals surface area contributed by atoms with Crippen LogP contribution in [0, 0.1) is 0 Å². The molecule has 1 heterocycles. The van der Waals surface area contributed by atoms with Gasteiger partial charge in [0.25, 0.3) is 15.9 Å². The van der Waals surface area contributed by atoms with Gasteiger partial charge in [0, 0.05) is 12.1 Å². The summed E-state index contributed by atoms with van der Waals surface area (Å²) in [4.78, 5) is 12.7. The number of fused-ring (bicyclic) bond motifs is 1. The van der Waals surface area contributed by atoms with Gasteiger partial charge in [0.05, 0.1) is 22.9 Å². The third-order valence-electron chi connectivity index (χ3n) is 4.97. The molecule has 0 aliphatic carbocycles. The van der Waals surface area contributed by atoms with Gasteiger partial charge in [-0.3, -0.25) is 9.10 Å². The summed E-state index contributed by atoms with van der Waals surface area (Å²) >= 11 is 0. The van der Waals surface area contributed by atoms with Crippen molar-refractivity contribution in [3.63, 3.8) is 0 Å². The molecule has 1 amide bonds. The van der Waals surface area contributed by atoms with E-state index in [2.05, 4.69) is 5.32 Å². The number of carbonyl (C=O) groups is 1. The number of para-hydroxylation sites is 1. The summed E-state index contributed by atoms with van der Waals surface area (Å²) in [5, 5.41) is 2.79. The van der Waals surface area contributed by atoms with Crippen molar-refractivity contribution < 1.29 is 17.9 Å². The molecule has 3 aromatic rings. The van der Waals surface area contributed by atoms with E-state index in [9.17, 15) is 13.2 Å². The van der Waals surface area contributed by atoms with Crippen LogP contribution in [0.25, 0.3) is 0 Å². The quantitative estimate of drug-likeness (QED) is 0.649. The zero-order valence-corrected chi connectivity index (χ0v) is 17.4. The van der Waals surface area contributed by atoms with E-state index in [1.165, 1.54) is 16.4 Å². The van der Waals surface area contributed by atoms with Crippen molar-refractivity contribution in [1.29, 1.82) is 0 Å². The molecule has 3 aromatic carbocycles. The number of nitrogens with zero attached hydrogens (tertiary/aromatic N) is 1. The molecule has 0 saturated carbocycles. The van der Waals surface area contributed by atoms with Crippen molar-refractivity contribution in [2.75, 3.05) is 22.8 Å². The van der Waals surface area contributed by atoms with Gasteiger partial charge in [0.2, 0.25) is 0 Å². The van der Waals surface area contributed by atoms with Crippen molar-refractivity contribution in [1.82, 2.24) is 0 Å². The Morgan fingerprint density at radius 2 is 1.77 bits per heavy atom. The van der Waals surface area contributed by atoms with E-state index in [0.29, 0.717) is 42.3 Å². The molecule has 1 aliphatic heterocycles. The largest absolute Gasteiger partial charge is 0.492 e. The lowest BCUT2D eigenvalue weighted by molar-refractivity contribution is 0.102. The van der Waals surface area contributed by atoms with Crippen LogP contribution >= 0.6 is 0 Å². The fourth-order valence-electron chi connectivity index (χ4n) is 3.52. The molecule has 6 nitrogen and oxygen atoms in total. The Morgan fingerprint density at radius 3 is 2.53 bits per heavy atom. The van der Waals surface area contributed by atoms with Crippen molar-refractivity contribution in [2.24, 2.45) is 0 Å². The van der Waals surface area contributed by atoms with Crippen LogP contribution in [0.1, 0.15) is 22.8 Å². The Balaban J connectivity index is 1.69. The molecule has 4 rings (SSSR count). The number of nitrogens with one attached hydrogen (secondary N) is 1. The fraction of sp³-hybridized carbons (Fsp3) is 0.174. The van der Waals surface area contributed by atoms with Crippen LogP contribution in [0.3, 0.4) is 0 Å². The predicted molar refractivity (Wildman–Crippen MR) is 117 cm³/mol. The van der Waals surface area contributed by atoms with Gasteiger partial charge in [-0.1, -0.05) is 36.4 Å². The van der Waals surface area contributed by atoms with Gasteiger partial charge in [-0.05, 0) is 55.3 Å². The molecule has 1 aliphatic rings. The lowest BCUT2D eigenvalue weighted by atomic mass is 10.2. The molecule has 0 aromatic heterocycles. The number of anilines is 2. The van der Waals surface area contributed by atoms with E-state index < -0.39 is 10.0 Å². The number of hydrogen-bond donors (Lipinski definition) is 1. The normalized spacial score (nSPS) is 13.0. The van der Waals surface area contributed by atoms with E-state index in [0.717, 1.165) is 5.56 Å². The Morgan fingerprint density at radius 1 is 1.03 bits per heavy atom. The molecule has 0 bridgehead atoms. The zero-order chi connectivity index (χ0) is 21.1. The van der Waals surface area contributed by atoms with Crippen LogP contribution in [0.4, 0.5) is 11.4 Å². The van der Waals surface area contributed by atoms with Crippen LogP contribution in [0.2, 0.25) is 0 Å². The Bertz CT molecular complexity index is 1180. The maximum absolute atomic E-state index is 13.3. The van der Waals surface area contributed by atoms with Crippen LogP contribution in [0.15, 0.2) is 77.7 Å². The average Bonchev–Trinajstić information content (AvgIpc) is 3.20. The number of ether oxygens (including phenoxy) is 1. The minimum atomic E-state index is -3.78. The fourth-order valence-corrected chi connectivity index (χ4v) is 5.05. The van der Waals surface area contributed by atoms with E-state index in [4.69, 9.17) is 4.74 Å². The van der Waals surface area contributed by atoms with Gasteiger partial charge in [-0.25, -0.2) is 8.42 Å². The molecule has 0 unspecified atom stereocenters. The smallest absolute Gasteiger partial charge is 0.264 e. The second-order valence-electron chi connectivity index (χ2n) is 6.87. The molecule has 154 valence electrons. The van der Waals surface area contributed by atoms with Crippen LogP contribution < -0.4 is 14.4 Å². The van der Waals surface area contributed by atoms with Gasteiger partial charge in [0.15, 0.2) is 0 Å². The summed E-state index contributed by atoms with van der Waals surface area (Å²) in [7, 11) is -3.78. The first-order chi connectivity index (χ1) is 14.5. The average molecular weight is 423 g/mol. The number of hydrogen-bond acceptors (Lipinski definition) is 4. The molecule has 0 atom stereocenters. The lowest BCUT2D eigenvalue weighted by Crippen LogP contribution is -2.29. The summed E-state index contributed by atoms with van der Waals surface area (Å²) < 4.78 is 33.7. The van der Waals surface area contributed by atoms with Gasteiger partial charge in [-0.2, -0.15) is 0 Å². The Hall–Kier alpha value is -3.32. The van der Waals surface area contributed by atoms with Crippen LogP contribution in [-0.4, -0.2) is 27.5 Å². The van der Waals surface area contributed by atoms with Gasteiger partial charge in [0.1, 0.15) is 5.75 Å². The topological polar surface area (TPSA) is 75.7 Å².